The van der Waals surface area contributed by atoms with E-state index in [9.17, 15) is 42.1 Å². The molecule has 0 fully saturated rings. The molecular formula is C22H14F4N4O7. The van der Waals surface area contributed by atoms with Crippen molar-refractivity contribution in [1.29, 1.82) is 5.26 Å². The summed E-state index contributed by atoms with van der Waals surface area (Å²) in [7, 11) is 0.702. The van der Waals surface area contributed by atoms with E-state index in [0.717, 1.165) is 6.07 Å². The van der Waals surface area contributed by atoms with E-state index in [1.54, 1.807) is 6.07 Å². The van der Waals surface area contributed by atoms with Gasteiger partial charge in [0.25, 0.3) is 5.56 Å². The second-order valence-corrected chi connectivity index (χ2v) is 7.44. The fourth-order valence-electron chi connectivity index (χ4n) is 3.12. The van der Waals surface area contributed by atoms with Crippen molar-refractivity contribution in [1.82, 2.24) is 9.13 Å². The number of ether oxygens (including phenoxy) is 2. The molecule has 0 aliphatic rings. The molecule has 0 aliphatic heterocycles. The second-order valence-electron chi connectivity index (χ2n) is 7.44. The Morgan fingerprint density at radius 1 is 1.14 bits per heavy atom. The first-order valence-electron chi connectivity index (χ1n) is 9.97. The second kappa shape index (κ2) is 9.93. The van der Waals surface area contributed by atoms with Gasteiger partial charge in [-0.1, -0.05) is 0 Å². The quantitative estimate of drug-likeness (QED) is 0.261. The van der Waals surface area contributed by atoms with Crippen LogP contribution in [-0.2, 0) is 18.0 Å². The molecule has 0 saturated carbocycles. The number of nitro benzene ring substituents is 1. The minimum absolute atomic E-state index is 0.00277. The summed E-state index contributed by atoms with van der Waals surface area (Å²) in [6.45, 7) is 0.777. The number of nitro groups is 1. The topological polar surface area (TPSA) is 146 Å². The largest absolute Gasteiger partial charge is 0.482 e. The Labute approximate surface area is 203 Å². The van der Waals surface area contributed by atoms with Crippen molar-refractivity contribution in [2.75, 3.05) is 6.61 Å². The van der Waals surface area contributed by atoms with Crippen LogP contribution in [0.4, 0.5) is 23.2 Å². The highest BCUT2D eigenvalue weighted by atomic mass is 19.4. The molecule has 3 rings (SSSR count). The van der Waals surface area contributed by atoms with Crippen molar-refractivity contribution >= 4 is 11.5 Å². The van der Waals surface area contributed by atoms with Gasteiger partial charge >= 0.3 is 17.6 Å². The van der Waals surface area contributed by atoms with Crippen molar-refractivity contribution in [3.63, 3.8) is 0 Å². The summed E-state index contributed by atoms with van der Waals surface area (Å²) < 4.78 is 65.2. The number of halogens is 4. The molecule has 1 aromatic heterocycles. The lowest BCUT2D eigenvalue weighted by atomic mass is 10.2. The van der Waals surface area contributed by atoms with Gasteiger partial charge in [-0.15, -0.1) is 0 Å². The van der Waals surface area contributed by atoms with E-state index in [1.807, 2.05) is 0 Å². The Morgan fingerprint density at radius 3 is 2.38 bits per heavy atom. The van der Waals surface area contributed by atoms with Crippen molar-refractivity contribution in [3.05, 3.63) is 84.4 Å². The number of aromatic nitrogens is 2. The van der Waals surface area contributed by atoms with Gasteiger partial charge in [0, 0.05) is 25.2 Å². The van der Waals surface area contributed by atoms with E-state index in [4.69, 9.17) is 14.7 Å². The first kappa shape index (κ1) is 26.6. The summed E-state index contributed by atoms with van der Waals surface area (Å²) in [5.74, 6) is -3.11. The number of hydrogen-bond acceptors (Lipinski definition) is 8. The molecule has 37 heavy (non-hydrogen) atoms. The van der Waals surface area contributed by atoms with Crippen LogP contribution in [0.15, 0.2) is 46.0 Å². The van der Waals surface area contributed by atoms with Crippen molar-refractivity contribution in [2.24, 2.45) is 7.05 Å². The highest BCUT2D eigenvalue weighted by Gasteiger charge is 2.35. The summed E-state index contributed by atoms with van der Waals surface area (Å²) >= 11 is 0. The highest BCUT2D eigenvalue weighted by molar-refractivity contribution is 5.77. The summed E-state index contributed by atoms with van der Waals surface area (Å²) in [4.78, 5) is 46.8. The molecule has 1 heterocycles. The van der Waals surface area contributed by atoms with Crippen LogP contribution in [-0.4, -0.2) is 26.4 Å². The van der Waals surface area contributed by atoms with Crippen molar-refractivity contribution < 1.29 is 36.8 Å². The summed E-state index contributed by atoms with van der Waals surface area (Å²) in [6, 6.07) is 6.33. The third-order valence-electron chi connectivity index (χ3n) is 4.80. The minimum atomic E-state index is -5.07. The Bertz CT molecular complexity index is 1590. The average molecular weight is 522 g/mol. The fourth-order valence-corrected chi connectivity index (χ4v) is 3.12. The predicted octanol–water partition coefficient (Wildman–Crippen LogP) is 3.23. The molecular weight excluding hydrogens is 508 g/mol. The van der Waals surface area contributed by atoms with Gasteiger partial charge < -0.3 is 9.47 Å². The number of alkyl halides is 3. The lowest BCUT2D eigenvalue weighted by Gasteiger charge is -2.16. The van der Waals surface area contributed by atoms with Crippen LogP contribution in [0.25, 0.3) is 5.69 Å². The molecule has 0 atom stereocenters. The normalized spacial score (nSPS) is 11.1. The van der Waals surface area contributed by atoms with E-state index in [0.29, 0.717) is 19.2 Å². The predicted molar refractivity (Wildman–Crippen MR) is 116 cm³/mol. The lowest BCUT2D eigenvalue weighted by molar-refractivity contribution is -0.385. The monoisotopic (exact) mass is 522 g/mol. The van der Waals surface area contributed by atoms with Gasteiger partial charge in [-0.25, -0.2) is 13.8 Å². The maximum atomic E-state index is 14.9. The zero-order valence-corrected chi connectivity index (χ0v) is 18.8. The van der Waals surface area contributed by atoms with Crippen LogP contribution in [0.1, 0.15) is 18.2 Å². The number of carbonyl (C=O) groups excluding carboxylic acids is 1. The van der Waals surface area contributed by atoms with E-state index < -0.39 is 63.4 Å². The Kier molecular flexibility index (Phi) is 7.14. The molecule has 0 saturated heterocycles. The molecule has 3 aromatic rings. The first-order valence-corrected chi connectivity index (χ1v) is 9.97. The zero-order chi connectivity index (χ0) is 27.7. The third-order valence-corrected chi connectivity index (χ3v) is 4.80. The number of rotatable bonds is 7. The number of nitrogens with zero attached hydrogens (tertiary/aromatic N) is 4. The average Bonchev–Trinajstić information content (AvgIpc) is 2.81. The highest BCUT2D eigenvalue weighted by Crippen LogP contribution is 2.39. The maximum Gasteiger partial charge on any atom is 0.431 e. The van der Waals surface area contributed by atoms with Gasteiger partial charge in [0.05, 0.1) is 28.3 Å². The van der Waals surface area contributed by atoms with Gasteiger partial charge in [0.2, 0.25) is 5.75 Å². The Balaban J connectivity index is 2.25. The summed E-state index contributed by atoms with van der Waals surface area (Å²) in [5.41, 5.74) is -6.68. The molecule has 0 bridgehead atoms. The smallest absolute Gasteiger partial charge is 0.431 e. The lowest BCUT2D eigenvalue weighted by Crippen LogP contribution is -2.41. The van der Waals surface area contributed by atoms with E-state index >= 15 is 0 Å². The minimum Gasteiger partial charge on any atom is -0.482 e. The number of Topliss-reactive ketones (excluding diaryl/α,β-unsaturated/α-hetero) is 1. The zero-order valence-electron chi connectivity index (χ0n) is 18.8. The number of carbonyl (C=O) groups is 1. The van der Waals surface area contributed by atoms with Crippen LogP contribution in [0.3, 0.4) is 0 Å². The number of nitriles is 1. The van der Waals surface area contributed by atoms with Crippen molar-refractivity contribution in [2.45, 2.75) is 13.1 Å². The molecule has 0 unspecified atom stereocenters. The standard InChI is InChI=1S/C22H14F4N4O7/c1-11(31)10-36-16-4-3-12(9-27)5-18(16)37-17-7-14(13(23)6-15(17)30(34)35)29-20(32)8-19(22(24,25)26)28(2)21(29)33/h3-8H,10H2,1-2H3. The first-order chi connectivity index (χ1) is 17.2. The molecule has 192 valence electrons. The van der Waals surface area contributed by atoms with E-state index in [-0.39, 0.29) is 32.3 Å². The van der Waals surface area contributed by atoms with Crippen molar-refractivity contribution in [3.8, 4) is 29.0 Å². The fraction of sp³-hybridized carbons (Fsp3) is 0.182. The van der Waals surface area contributed by atoms with Gasteiger partial charge in [-0.2, -0.15) is 18.4 Å². The SMILES string of the molecule is CC(=O)COc1ccc(C#N)cc1Oc1cc(-n2c(=O)cc(C(F)(F)F)n(C)c2=O)c(F)cc1[N+](=O)[O-]. The molecule has 0 N–H and O–H groups in total. The van der Waals surface area contributed by atoms with Gasteiger partial charge in [0.15, 0.2) is 23.1 Å². The molecule has 0 spiro atoms. The number of hydrogen-bond donors (Lipinski definition) is 0. The summed E-state index contributed by atoms with van der Waals surface area (Å²) in [6.07, 6.45) is -5.07. The molecule has 11 nitrogen and oxygen atoms in total. The molecule has 2 aromatic carbocycles. The Morgan fingerprint density at radius 2 is 1.81 bits per heavy atom. The number of benzene rings is 2. The van der Waals surface area contributed by atoms with E-state index in [1.165, 1.54) is 19.1 Å². The van der Waals surface area contributed by atoms with Crippen LogP contribution >= 0.6 is 0 Å². The number of ketones is 1. The summed E-state index contributed by atoms with van der Waals surface area (Å²) in [5, 5.41) is 20.7. The molecule has 0 amide bonds. The van der Waals surface area contributed by atoms with Crippen LogP contribution < -0.4 is 20.7 Å². The van der Waals surface area contributed by atoms with Crippen LogP contribution in [0.2, 0.25) is 0 Å². The molecule has 15 heteroatoms. The molecule has 0 aliphatic carbocycles. The van der Waals surface area contributed by atoms with Crippen LogP contribution in [0.5, 0.6) is 17.2 Å². The van der Waals surface area contributed by atoms with Crippen LogP contribution in [0, 0.1) is 27.3 Å². The van der Waals surface area contributed by atoms with Gasteiger partial charge in [-0.05, 0) is 19.1 Å². The third kappa shape index (κ3) is 5.48. The van der Waals surface area contributed by atoms with Gasteiger partial charge in [0.1, 0.15) is 12.3 Å². The maximum absolute atomic E-state index is 14.9. The van der Waals surface area contributed by atoms with E-state index in [2.05, 4.69) is 0 Å². The van der Waals surface area contributed by atoms with Gasteiger partial charge in [-0.3, -0.25) is 24.3 Å². The Hall–Kier alpha value is -5.00. The molecule has 0 radical (unpaired) electrons.